The fourth-order valence-electron chi connectivity index (χ4n) is 7.16. The molecule has 2 amide bonds. The van der Waals surface area contributed by atoms with Crippen LogP contribution in [-0.2, 0) is 6.54 Å². The van der Waals surface area contributed by atoms with Gasteiger partial charge >= 0.3 is 0 Å². The van der Waals surface area contributed by atoms with Crippen LogP contribution in [0.15, 0.2) is 110 Å². The molecule has 2 aromatic heterocycles. The number of aryl methyl sites for hydroxylation is 2. The molecular weight excluding hydrogens is 633 g/mol. The summed E-state index contributed by atoms with van der Waals surface area (Å²) >= 11 is 0. The largest absolute Gasteiger partial charge is 0.356 e. The van der Waals surface area contributed by atoms with Crippen LogP contribution in [0.25, 0.3) is 22.3 Å². The normalized spacial score (nSPS) is 15.8. The van der Waals surface area contributed by atoms with E-state index in [1.165, 1.54) is 11.1 Å². The molecule has 260 valence electrons. The van der Waals surface area contributed by atoms with Gasteiger partial charge in [0.05, 0.1) is 0 Å². The van der Waals surface area contributed by atoms with Crippen LogP contribution >= 0.6 is 0 Å². The van der Waals surface area contributed by atoms with Crippen LogP contribution in [0.2, 0.25) is 0 Å². The molecule has 0 spiro atoms. The van der Waals surface area contributed by atoms with Gasteiger partial charge in [-0.2, -0.15) is 0 Å². The molecule has 2 saturated heterocycles. The average molecular weight is 679 g/mol. The van der Waals surface area contributed by atoms with Crippen LogP contribution < -0.4 is 15.5 Å². The van der Waals surface area contributed by atoms with E-state index in [1.807, 2.05) is 67.0 Å². The van der Waals surface area contributed by atoms with Gasteiger partial charge < -0.3 is 15.5 Å². The predicted molar refractivity (Wildman–Crippen MR) is 204 cm³/mol. The highest BCUT2D eigenvalue weighted by molar-refractivity contribution is 5.96. The monoisotopic (exact) mass is 678 g/mol. The number of aromatic nitrogens is 2. The zero-order valence-electron chi connectivity index (χ0n) is 29.5. The Hall–Kier alpha value is -5.34. The number of piperidine rings is 2. The second-order valence-corrected chi connectivity index (χ2v) is 14.0. The Morgan fingerprint density at radius 2 is 1.37 bits per heavy atom. The molecule has 0 aliphatic carbocycles. The fourth-order valence-corrected chi connectivity index (χ4v) is 7.16. The van der Waals surface area contributed by atoms with Crippen molar-refractivity contribution in [3.8, 4) is 22.3 Å². The number of nitrogens with zero attached hydrogens (tertiary/aromatic N) is 4. The smallest absolute Gasteiger partial charge is 0.251 e. The Morgan fingerprint density at radius 1 is 0.686 bits per heavy atom. The molecule has 8 nitrogen and oxygen atoms in total. The van der Waals surface area contributed by atoms with Crippen molar-refractivity contribution in [2.45, 2.75) is 58.2 Å². The quantitative estimate of drug-likeness (QED) is 0.171. The van der Waals surface area contributed by atoms with E-state index in [2.05, 4.69) is 75.7 Å². The highest BCUT2D eigenvalue weighted by Gasteiger charge is 2.24. The molecule has 0 bridgehead atoms. The Morgan fingerprint density at radius 3 is 2.04 bits per heavy atom. The van der Waals surface area contributed by atoms with Gasteiger partial charge in [0, 0.05) is 80.1 Å². The van der Waals surface area contributed by atoms with Crippen molar-refractivity contribution >= 4 is 17.6 Å². The molecule has 51 heavy (non-hydrogen) atoms. The van der Waals surface area contributed by atoms with E-state index in [4.69, 9.17) is 4.98 Å². The predicted octanol–water partition coefficient (Wildman–Crippen LogP) is 7.22. The lowest BCUT2D eigenvalue weighted by atomic mass is 9.96. The Balaban J connectivity index is 0.848. The van der Waals surface area contributed by atoms with Crippen molar-refractivity contribution < 1.29 is 9.59 Å². The summed E-state index contributed by atoms with van der Waals surface area (Å²) in [6.07, 6.45) is 9.16. The molecule has 8 heteroatoms. The van der Waals surface area contributed by atoms with Gasteiger partial charge in [-0.05, 0) is 104 Å². The third kappa shape index (κ3) is 8.52. The molecule has 2 fully saturated rings. The first kappa shape index (κ1) is 34.1. The number of carbonyl (C=O) groups is 2. The van der Waals surface area contributed by atoms with Gasteiger partial charge in [-0.25, -0.2) is 4.98 Å². The summed E-state index contributed by atoms with van der Waals surface area (Å²) in [5, 5.41) is 6.54. The number of hydrogen-bond acceptors (Lipinski definition) is 6. The van der Waals surface area contributed by atoms with Gasteiger partial charge in [-0.3, -0.25) is 19.5 Å². The number of hydrogen-bond donors (Lipinski definition) is 2. The molecule has 4 heterocycles. The molecule has 0 atom stereocenters. The highest BCUT2D eigenvalue weighted by atomic mass is 16.2. The third-order valence-electron chi connectivity index (χ3n) is 10.3. The van der Waals surface area contributed by atoms with Crippen LogP contribution in [0.3, 0.4) is 0 Å². The number of rotatable bonds is 9. The standard InChI is InChI=1S/C43H46N6O2/c1-30-8-12-33(13-9-30)40-26-36(14-10-31(40)2)43(51)46-38-16-21-48(22-17-38)29-32-11-15-41(45-27-32)49-23-18-39(19-24-49)47-42(50)35-6-3-5-34(25-35)37-7-4-20-44-28-37/h3-15,20,25-28,38-39H,16-19,21-24,29H2,1-2H3,(H,46,51)(H,47,50). The summed E-state index contributed by atoms with van der Waals surface area (Å²) in [7, 11) is 0. The van der Waals surface area contributed by atoms with E-state index >= 15 is 0 Å². The Kier molecular flexibility index (Phi) is 10.5. The molecule has 7 rings (SSSR count). The topological polar surface area (TPSA) is 90.5 Å². The van der Waals surface area contributed by atoms with Crippen molar-refractivity contribution in [1.82, 2.24) is 25.5 Å². The van der Waals surface area contributed by atoms with Crippen LogP contribution in [0.4, 0.5) is 5.82 Å². The number of likely N-dealkylation sites (tertiary alicyclic amines) is 1. The van der Waals surface area contributed by atoms with Crippen molar-refractivity contribution in [2.24, 2.45) is 0 Å². The van der Waals surface area contributed by atoms with E-state index < -0.39 is 0 Å². The lowest BCUT2D eigenvalue weighted by molar-refractivity contribution is 0.0906. The fraction of sp³-hybridized carbons (Fsp3) is 0.302. The van der Waals surface area contributed by atoms with Crippen LogP contribution in [0.5, 0.6) is 0 Å². The van der Waals surface area contributed by atoms with E-state index in [0.717, 1.165) is 92.0 Å². The number of benzene rings is 3. The lowest BCUT2D eigenvalue weighted by Crippen LogP contribution is -2.45. The molecule has 2 N–H and O–H groups in total. The second-order valence-electron chi connectivity index (χ2n) is 14.0. The number of amides is 2. The number of carbonyl (C=O) groups excluding carboxylic acids is 2. The van der Waals surface area contributed by atoms with E-state index in [1.54, 1.807) is 6.20 Å². The minimum Gasteiger partial charge on any atom is -0.356 e. The minimum atomic E-state index is -0.0353. The van der Waals surface area contributed by atoms with Gasteiger partial charge in [0.25, 0.3) is 11.8 Å². The zero-order chi connectivity index (χ0) is 35.2. The second kappa shape index (κ2) is 15.7. The van der Waals surface area contributed by atoms with Gasteiger partial charge in [-0.1, -0.05) is 60.2 Å². The summed E-state index contributed by atoms with van der Waals surface area (Å²) in [6.45, 7) is 8.59. The first-order valence-electron chi connectivity index (χ1n) is 18.1. The molecule has 0 radical (unpaired) electrons. The Bertz CT molecular complexity index is 1950. The van der Waals surface area contributed by atoms with Crippen molar-refractivity contribution in [3.63, 3.8) is 0 Å². The minimum absolute atomic E-state index is 0.000376. The lowest BCUT2D eigenvalue weighted by Gasteiger charge is -2.34. The SMILES string of the molecule is Cc1ccc(-c2cc(C(=O)NC3CCN(Cc4ccc(N5CCC(NC(=O)c6cccc(-c7cccnc7)c6)CC5)nc4)CC3)ccc2C)cc1. The first-order chi connectivity index (χ1) is 24.9. The van der Waals surface area contributed by atoms with E-state index in [-0.39, 0.29) is 23.9 Å². The molecule has 0 saturated carbocycles. The number of anilines is 1. The molecular formula is C43H46N6O2. The Labute approximate surface area is 301 Å². The van der Waals surface area contributed by atoms with Gasteiger partial charge in [-0.15, -0.1) is 0 Å². The van der Waals surface area contributed by atoms with Gasteiger partial charge in [0.2, 0.25) is 0 Å². The summed E-state index contributed by atoms with van der Waals surface area (Å²) in [5.41, 5.74) is 9.18. The van der Waals surface area contributed by atoms with Crippen molar-refractivity contribution in [1.29, 1.82) is 0 Å². The number of nitrogens with one attached hydrogen (secondary N) is 2. The maximum Gasteiger partial charge on any atom is 0.251 e. The van der Waals surface area contributed by atoms with E-state index in [9.17, 15) is 9.59 Å². The molecule has 3 aromatic carbocycles. The summed E-state index contributed by atoms with van der Waals surface area (Å²) in [4.78, 5) is 40.1. The average Bonchev–Trinajstić information content (AvgIpc) is 3.17. The third-order valence-corrected chi connectivity index (χ3v) is 10.3. The maximum absolute atomic E-state index is 13.2. The van der Waals surface area contributed by atoms with Gasteiger partial charge in [0.1, 0.15) is 5.82 Å². The van der Waals surface area contributed by atoms with Crippen LogP contribution in [0.1, 0.15) is 63.1 Å². The van der Waals surface area contributed by atoms with Crippen LogP contribution in [0, 0.1) is 13.8 Å². The number of pyridine rings is 2. The molecule has 0 unspecified atom stereocenters. The maximum atomic E-state index is 13.2. The zero-order valence-corrected chi connectivity index (χ0v) is 29.5. The molecule has 5 aromatic rings. The summed E-state index contributed by atoms with van der Waals surface area (Å²) < 4.78 is 0. The highest BCUT2D eigenvalue weighted by Crippen LogP contribution is 2.26. The summed E-state index contributed by atoms with van der Waals surface area (Å²) in [5.74, 6) is 0.946. The molecule has 2 aliphatic rings. The van der Waals surface area contributed by atoms with Crippen molar-refractivity contribution in [3.05, 3.63) is 137 Å². The van der Waals surface area contributed by atoms with Crippen molar-refractivity contribution in [2.75, 3.05) is 31.1 Å². The first-order valence-corrected chi connectivity index (χ1v) is 18.1. The van der Waals surface area contributed by atoms with E-state index in [0.29, 0.717) is 11.1 Å². The molecule has 2 aliphatic heterocycles. The summed E-state index contributed by atoms with van der Waals surface area (Å²) in [6, 6.07) is 30.7. The van der Waals surface area contributed by atoms with Gasteiger partial charge in [0.15, 0.2) is 0 Å². The van der Waals surface area contributed by atoms with Crippen LogP contribution in [-0.4, -0.2) is 64.9 Å².